The van der Waals surface area contributed by atoms with E-state index in [1.807, 2.05) is 13.0 Å². The number of pyridine rings is 1. The summed E-state index contributed by atoms with van der Waals surface area (Å²) < 4.78 is 13.0. The Hall–Kier alpha value is -2.74. The Morgan fingerprint density at radius 3 is 2.57 bits per heavy atom. The summed E-state index contributed by atoms with van der Waals surface area (Å²) in [5.41, 5.74) is 1.80. The van der Waals surface area contributed by atoms with Crippen LogP contribution in [0.5, 0.6) is 0 Å². The normalized spacial score (nSPS) is 9.95. The third-order valence-corrected chi connectivity index (χ3v) is 2.99. The molecule has 0 atom stereocenters. The van der Waals surface area contributed by atoms with Crippen LogP contribution in [0.4, 0.5) is 10.1 Å². The van der Waals surface area contributed by atoms with Gasteiger partial charge in [0.2, 0.25) is 0 Å². The van der Waals surface area contributed by atoms with Crippen molar-refractivity contribution in [2.45, 2.75) is 13.3 Å². The fourth-order valence-electron chi connectivity index (χ4n) is 1.88. The average Bonchev–Trinajstić information content (AvgIpc) is 2.50. The first-order valence-corrected chi connectivity index (χ1v) is 6.49. The first-order valence-electron chi connectivity index (χ1n) is 6.49. The molecule has 0 aliphatic rings. The molecule has 5 heteroatoms. The van der Waals surface area contributed by atoms with Crippen molar-refractivity contribution < 1.29 is 9.18 Å². The summed E-state index contributed by atoms with van der Waals surface area (Å²) in [4.78, 5) is 18.1. The molecule has 0 fully saturated rings. The van der Waals surface area contributed by atoms with Crippen LogP contribution in [0.2, 0.25) is 0 Å². The van der Waals surface area contributed by atoms with Gasteiger partial charge in [-0.3, -0.25) is 9.78 Å². The molecular weight excluding hydrogens is 269 g/mol. The van der Waals surface area contributed by atoms with Gasteiger partial charge in [0.15, 0.2) is 0 Å². The SMILES string of the molecule is Cc1ccc(C(=O)N(CCC#N)c2ccc(F)cc2)cn1. The van der Waals surface area contributed by atoms with Crippen LogP contribution in [-0.2, 0) is 0 Å². The first-order chi connectivity index (χ1) is 10.1. The van der Waals surface area contributed by atoms with E-state index in [1.54, 1.807) is 12.1 Å². The van der Waals surface area contributed by atoms with Gasteiger partial charge in [0.1, 0.15) is 5.82 Å². The molecule has 106 valence electrons. The van der Waals surface area contributed by atoms with Crippen LogP contribution in [0.25, 0.3) is 0 Å². The molecule has 21 heavy (non-hydrogen) atoms. The second-order valence-corrected chi connectivity index (χ2v) is 4.53. The predicted molar refractivity (Wildman–Crippen MR) is 77.3 cm³/mol. The highest BCUT2D eigenvalue weighted by Gasteiger charge is 2.17. The minimum atomic E-state index is -0.372. The minimum Gasteiger partial charge on any atom is -0.307 e. The van der Waals surface area contributed by atoms with Crippen molar-refractivity contribution in [3.63, 3.8) is 0 Å². The van der Waals surface area contributed by atoms with Crippen molar-refractivity contribution in [2.24, 2.45) is 0 Å². The molecule has 0 radical (unpaired) electrons. The van der Waals surface area contributed by atoms with Crippen molar-refractivity contribution in [2.75, 3.05) is 11.4 Å². The molecule has 1 aromatic heterocycles. The van der Waals surface area contributed by atoms with Gasteiger partial charge in [0, 0.05) is 24.1 Å². The van der Waals surface area contributed by atoms with E-state index in [0.717, 1.165) is 5.69 Å². The summed E-state index contributed by atoms with van der Waals surface area (Å²) >= 11 is 0. The highest BCUT2D eigenvalue weighted by molar-refractivity contribution is 6.05. The first kappa shape index (κ1) is 14.7. The van der Waals surface area contributed by atoms with E-state index >= 15 is 0 Å². The van der Waals surface area contributed by atoms with Crippen LogP contribution >= 0.6 is 0 Å². The molecule has 1 aromatic carbocycles. The number of aryl methyl sites for hydroxylation is 1. The van der Waals surface area contributed by atoms with Gasteiger partial charge in [-0.25, -0.2) is 4.39 Å². The fraction of sp³-hybridized carbons (Fsp3) is 0.188. The van der Waals surface area contributed by atoms with Crippen LogP contribution in [0, 0.1) is 24.1 Å². The van der Waals surface area contributed by atoms with E-state index < -0.39 is 0 Å². The van der Waals surface area contributed by atoms with E-state index in [1.165, 1.54) is 35.4 Å². The van der Waals surface area contributed by atoms with Gasteiger partial charge < -0.3 is 4.90 Å². The molecule has 0 unspecified atom stereocenters. The number of halogens is 1. The maximum atomic E-state index is 13.0. The standard InChI is InChI=1S/C16H14FN3O/c1-12-3-4-13(11-19-12)16(21)20(10-2-9-18)15-7-5-14(17)6-8-15/h3-8,11H,2,10H2,1H3. The summed E-state index contributed by atoms with van der Waals surface area (Å²) in [6.07, 6.45) is 1.70. The van der Waals surface area contributed by atoms with Crippen LogP contribution < -0.4 is 4.90 Å². The topological polar surface area (TPSA) is 57.0 Å². The van der Waals surface area contributed by atoms with E-state index in [2.05, 4.69) is 4.98 Å². The third-order valence-electron chi connectivity index (χ3n) is 2.99. The molecule has 0 saturated heterocycles. The summed E-state index contributed by atoms with van der Waals surface area (Å²) in [5.74, 6) is -0.632. The van der Waals surface area contributed by atoms with E-state index in [0.29, 0.717) is 11.3 Å². The summed E-state index contributed by atoms with van der Waals surface area (Å²) in [5, 5.41) is 8.73. The fourth-order valence-corrected chi connectivity index (χ4v) is 1.88. The molecule has 0 aliphatic carbocycles. The Labute approximate surface area is 122 Å². The number of hydrogen-bond donors (Lipinski definition) is 0. The van der Waals surface area contributed by atoms with Crippen molar-refractivity contribution in [1.82, 2.24) is 4.98 Å². The molecule has 4 nitrogen and oxygen atoms in total. The number of hydrogen-bond acceptors (Lipinski definition) is 3. The summed E-state index contributed by atoms with van der Waals surface area (Å²) in [6, 6.07) is 11.1. The lowest BCUT2D eigenvalue weighted by Crippen LogP contribution is -2.31. The van der Waals surface area contributed by atoms with Crippen LogP contribution in [0.1, 0.15) is 22.5 Å². The molecule has 2 aromatic rings. The maximum Gasteiger partial charge on any atom is 0.259 e. The van der Waals surface area contributed by atoms with Gasteiger partial charge in [-0.2, -0.15) is 5.26 Å². The Bertz CT molecular complexity index is 659. The van der Waals surface area contributed by atoms with Gasteiger partial charge in [-0.05, 0) is 43.3 Å². The summed E-state index contributed by atoms with van der Waals surface area (Å²) in [7, 11) is 0. The Morgan fingerprint density at radius 1 is 1.29 bits per heavy atom. The second kappa shape index (κ2) is 6.62. The van der Waals surface area contributed by atoms with Gasteiger partial charge in [0.25, 0.3) is 5.91 Å². The molecule has 1 heterocycles. The highest BCUT2D eigenvalue weighted by Crippen LogP contribution is 2.18. The Kier molecular flexibility index (Phi) is 4.62. The number of carbonyl (C=O) groups is 1. The maximum absolute atomic E-state index is 13.0. The lowest BCUT2D eigenvalue weighted by molar-refractivity contribution is 0.0987. The van der Waals surface area contributed by atoms with Crippen LogP contribution in [0.15, 0.2) is 42.6 Å². The number of benzene rings is 1. The molecule has 1 amide bonds. The summed E-state index contributed by atoms with van der Waals surface area (Å²) in [6.45, 7) is 2.08. The molecule has 0 spiro atoms. The van der Waals surface area contributed by atoms with Crippen molar-refractivity contribution in [3.05, 3.63) is 59.7 Å². The molecule has 0 bridgehead atoms. The quantitative estimate of drug-likeness (QED) is 0.866. The van der Waals surface area contributed by atoms with Gasteiger partial charge >= 0.3 is 0 Å². The average molecular weight is 283 g/mol. The van der Waals surface area contributed by atoms with E-state index in [9.17, 15) is 9.18 Å². The molecule has 0 N–H and O–H groups in total. The monoisotopic (exact) mass is 283 g/mol. The van der Waals surface area contributed by atoms with Crippen LogP contribution in [0.3, 0.4) is 0 Å². The van der Waals surface area contributed by atoms with Crippen molar-refractivity contribution in [3.8, 4) is 6.07 Å². The number of amides is 1. The zero-order valence-electron chi connectivity index (χ0n) is 11.6. The van der Waals surface area contributed by atoms with Gasteiger partial charge in [0.05, 0.1) is 18.1 Å². The smallest absolute Gasteiger partial charge is 0.259 e. The van der Waals surface area contributed by atoms with Gasteiger partial charge in [-0.1, -0.05) is 0 Å². The third kappa shape index (κ3) is 3.63. The number of carbonyl (C=O) groups excluding carboxylic acids is 1. The number of nitrogens with zero attached hydrogens (tertiary/aromatic N) is 3. The zero-order valence-corrected chi connectivity index (χ0v) is 11.6. The largest absolute Gasteiger partial charge is 0.307 e. The predicted octanol–water partition coefficient (Wildman–Crippen LogP) is 3.09. The van der Waals surface area contributed by atoms with Crippen molar-refractivity contribution in [1.29, 1.82) is 5.26 Å². The molecule has 0 saturated carbocycles. The van der Waals surface area contributed by atoms with E-state index in [-0.39, 0.29) is 24.7 Å². The number of nitriles is 1. The number of rotatable bonds is 4. The number of aromatic nitrogens is 1. The van der Waals surface area contributed by atoms with Crippen LogP contribution in [-0.4, -0.2) is 17.4 Å². The number of anilines is 1. The van der Waals surface area contributed by atoms with Gasteiger partial charge in [-0.15, -0.1) is 0 Å². The Balaban J connectivity index is 2.31. The lowest BCUT2D eigenvalue weighted by atomic mass is 10.2. The van der Waals surface area contributed by atoms with Crippen molar-refractivity contribution >= 4 is 11.6 Å². The molecular formula is C16H14FN3O. The molecule has 0 aliphatic heterocycles. The minimum absolute atomic E-state index is 0.197. The molecule has 2 rings (SSSR count). The lowest BCUT2D eigenvalue weighted by Gasteiger charge is -2.21. The zero-order chi connectivity index (χ0) is 15.2. The Morgan fingerprint density at radius 2 is 2.00 bits per heavy atom. The highest BCUT2D eigenvalue weighted by atomic mass is 19.1. The second-order valence-electron chi connectivity index (χ2n) is 4.53. The van der Waals surface area contributed by atoms with E-state index in [4.69, 9.17) is 5.26 Å².